The lowest BCUT2D eigenvalue weighted by Crippen LogP contribution is -2.41. The van der Waals surface area contributed by atoms with Gasteiger partial charge in [-0.15, -0.1) is 11.3 Å². The molecular weight excluding hydrogens is 266 g/mol. The van der Waals surface area contributed by atoms with Crippen LogP contribution in [0.1, 0.15) is 34.5 Å². The third-order valence-corrected chi connectivity index (χ3v) is 4.08. The Morgan fingerprint density at radius 1 is 1.58 bits per heavy atom. The summed E-state index contributed by atoms with van der Waals surface area (Å²) in [6.07, 6.45) is 2.65. The van der Waals surface area contributed by atoms with Crippen molar-refractivity contribution in [2.45, 2.75) is 31.9 Å². The van der Waals surface area contributed by atoms with Gasteiger partial charge in [-0.3, -0.25) is 4.79 Å². The molecule has 2 rings (SSSR count). The van der Waals surface area contributed by atoms with E-state index in [4.69, 9.17) is 9.84 Å². The zero-order chi connectivity index (χ0) is 13.8. The molecular formula is C13H17NO4S. The van der Waals surface area contributed by atoms with Gasteiger partial charge in [0, 0.05) is 12.7 Å². The van der Waals surface area contributed by atoms with Gasteiger partial charge in [0.2, 0.25) is 0 Å². The summed E-state index contributed by atoms with van der Waals surface area (Å²) in [6.45, 7) is 0.354. The summed E-state index contributed by atoms with van der Waals surface area (Å²) in [5.74, 6) is -0.844. The van der Waals surface area contributed by atoms with Crippen molar-refractivity contribution in [2.24, 2.45) is 5.92 Å². The van der Waals surface area contributed by atoms with Crippen molar-refractivity contribution in [3.8, 4) is 0 Å². The number of carboxylic acid groups (broad SMARTS) is 1. The van der Waals surface area contributed by atoms with Crippen LogP contribution in [0, 0.1) is 5.92 Å². The van der Waals surface area contributed by atoms with Gasteiger partial charge in [-0.1, -0.05) is 12.8 Å². The Labute approximate surface area is 115 Å². The van der Waals surface area contributed by atoms with Gasteiger partial charge in [-0.2, -0.15) is 0 Å². The zero-order valence-corrected chi connectivity index (χ0v) is 11.5. The van der Waals surface area contributed by atoms with E-state index in [0.29, 0.717) is 23.8 Å². The van der Waals surface area contributed by atoms with Crippen LogP contribution in [0.4, 0.5) is 0 Å². The fourth-order valence-corrected chi connectivity index (χ4v) is 2.75. The minimum Gasteiger partial charge on any atom is -0.480 e. The number of hydrogen-bond acceptors (Lipinski definition) is 4. The van der Waals surface area contributed by atoms with Crippen molar-refractivity contribution in [2.75, 3.05) is 7.11 Å². The molecule has 1 aliphatic rings. The number of nitrogens with one attached hydrogen (secondary N) is 1. The maximum Gasteiger partial charge on any atom is 0.326 e. The van der Waals surface area contributed by atoms with E-state index in [1.807, 2.05) is 6.07 Å². The SMILES string of the molecule is COCc1ccsc1C(=O)NC(CC1CC1)C(=O)O. The second-order valence-electron chi connectivity index (χ2n) is 4.75. The van der Waals surface area contributed by atoms with Crippen LogP contribution in [0.5, 0.6) is 0 Å². The lowest BCUT2D eigenvalue weighted by atomic mass is 10.1. The Kier molecular flexibility index (Phi) is 4.55. The predicted molar refractivity (Wildman–Crippen MR) is 71.3 cm³/mol. The van der Waals surface area contributed by atoms with Gasteiger partial charge < -0.3 is 15.2 Å². The molecule has 19 heavy (non-hydrogen) atoms. The summed E-state index contributed by atoms with van der Waals surface area (Å²) in [5.41, 5.74) is 0.792. The molecule has 1 aromatic heterocycles. The van der Waals surface area contributed by atoms with Crippen LogP contribution in [-0.2, 0) is 16.1 Å². The summed E-state index contributed by atoms with van der Waals surface area (Å²) in [7, 11) is 1.56. The molecule has 104 valence electrons. The molecule has 1 aliphatic carbocycles. The quantitative estimate of drug-likeness (QED) is 0.801. The van der Waals surface area contributed by atoms with Crippen LogP contribution in [0.15, 0.2) is 11.4 Å². The molecule has 1 unspecified atom stereocenters. The number of thiophene rings is 1. The van der Waals surface area contributed by atoms with E-state index in [2.05, 4.69) is 5.32 Å². The number of amides is 1. The molecule has 0 spiro atoms. The minimum atomic E-state index is -0.968. The van der Waals surface area contributed by atoms with Crippen LogP contribution < -0.4 is 5.32 Å². The second-order valence-corrected chi connectivity index (χ2v) is 5.67. The molecule has 0 saturated heterocycles. The molecule has 1 heterocycles. The Balaban J connectivity index is 2.01. The lowest BCUT2D eigenvalue weighted by molar-refractivity contribution is -0.139. The van der Waals surface area contributed by atoms with Crippen molar-refractivity contribution in [1.82, 2.24) is 5.32 Å². The second kappa shape index (κ2) is 6.16. The maximum atomic E-state index is 12.1. The first-order chi connectivity index (χ1) is 9.11. The number of hydrogen-bond donors (Lipinski definition) is 2. The average molecular weight is 283 g/mol. The number of rotatable bonds is 7. The zero-order valence-electron chi connectivity index (χ0n) is 10.7. The monoisotopic (exact) mass is 283 g/mol. The molecule has 0 bridgehead atoms. The lowest BCUT2D eigenvalue weighted by Gasteiger charge is -2.14. The van der Waals surface area contributed by atoms with Crippen LogP contribution in [0.3, 0.4) is 0 Å². The Morgan fingerprint density at radius 3 is 2.89 bits per heavy atom. The van der Waals surface area contributed by atoms with Gasteiger partial charge in [-0.25, -0.2) is 4.79 Å². The molecule has 1 atom stereocenters. The molecule has 1 fully saturated rings. The average Bonchev–Trinajstić information content (AvgIpc) is 3.05. The fourth-order valence-electron chi connectivity index (χ4n) is 1.94. The van der Waals surface area contributed by atoms with Crippen molar-refractivity contribution in [3.05, 3.63) is 21.9 Å². The Bertz CT molecular complexity index is 467. The van der Waals surface area contributed by atoms with Gasteiger partial charge in [0.15, 0.2) is 0 Å². The van der Waals surface area contributed by atoms with Gasteiger partial charge in [-0.05, 0) is 23.8 Å². The minimum absolute atomic E-state index is 0.324. The molecule has 1 amide bonds. The maximum absolute atomic E-state index is 12.1. The highest BCUT2D eigenvalue weighted by molar-refractivity contribution is 7.12. The van der Waals surface area contributed by atoms with Crippen LogP contribution in [-0.4, -0.2) is 30.1 Å². The number of carbonyl (C=O) groups is 2. The first-order valence-electron chi connectivity index (χ1n) is 6.20. The third-order valence-electron chi connectivity index (χ3n) is 3.12. The highest BCUT2D eigenvalue weighted by Crippen LogP contribution is 2.33. The topological polar surface area (TPSA) is 75.6 Å². The molecule has 1 saturated carbocycles. The largest absolute Gasteiger partial charge is 0.480 e. The van der Waals surface area contributed by atoms with Crippen molar-refractivity contribution < 1.29 is 19.4 Å². The summed E-state index contributed by atoms with van der Waals surface area (Å²) in [4.78, 5) is 23.8. The summed E-state index contributed by atoms with van der Waals surface area (Å²) < 4.78 is 5.01. The van der Waals surface area contributed by atoms with E-state index in [1.54, 1.807) is 12.5 Å². The molecule has 0 aliphatic heterocycles. The van der Waals surface area contributed by atoms with E-state index in [9.17, 15) is 9.59 Å². The first kappa shape index (κ1) is 14.0. The van der Waals surface area contributed by atoms with Gasteiger partial charge in [0.05, 0.1) is 11.5 Å². The van der Waals surface area contributed by atoms with Crippen molar-refractivity contribution in [3.63, 3.8) is 0 Å². The van der Waals surface area contributed by atoms with E-state index in [1.165, 1.54) is 11.3 Å². The van der Waals surface area contributed by atoms with Crippen molar-refractivity contribution >= 4 is 23.2 Å². The van der Waals surface area contributed by atoms with Gasteiger partial charge in [0.1, 0.15) is 6.04 Å². The molecule has 1 aromatic rings. The molecule has 2 N–H and O–H groups in total. The van der Waals surface area contributed by atoms with E-state index < -0.39 is 12.0 Å². The van der Waals surface area contributed by atoms with Crippen LogP contribution in [0.2, 0.25) is 0 Å². The Morgan fingerprint density at radius 2 is 2.32 bits per heavy atom. The van der Waals surface area contributed by atoms with E-state index >= 15 is 0 Å². The number of carboxylic acids is 1. The summed E-state index contributed by atoms with van der Waals surface area (Å²) in [5, 5.41) is 13.5. The van der Waals surface area contributed by atoms with Gasteiger partial charge in [0.25, 0.3) is 5.91 Å². The highest BCUT2D eigenvalue weighted by Gasteiger charge is 2.30. The number of methoxy groups -OCH3 is 1. The highest BCUT2D eigenvalue weighted by atomic mass is 32.1. The molecule has 6 heteroatoms. The number of carbonyl (C=O) groups excluding carboxylic acids is 1. The first-order valence-corrected chi connectivity index (χ1v) is 7.08. The summed E-state index contributed by atoms with van der Waals surface area (Å²) in [6, 6.07) is 1.03. The van der Waals surface area contributed by atoms with Crippen molar-refractivity contribution in [1.29, 1.82) is 0 Å². The smallest absolute Gasteiger partial charge is 0.326 e. The van der Waals surface area contributed by atoms with Gasteiger partial charge >= 0.3 is 5.97 Å². The normalized spacial score (nSPS) is 16.1. The Hall–Kier alpha value is -1.40. The summed E-state index contributed by atoms with van der Waals surface area (Å²) >= 11 is 1.30. The number of aliphatic carboxylic acids is 1. The fraction of sp³-hybridized carbons (Fsp3) is 0.538. The molecule has 5 nitrogen and oxygen atoms in total. The van der Waals surface area contributed by atoms with E-state index in [0.717, 1.165) is 18.4 Å². The third kappa shape index (κ3) is 3.78. The standard InChI is InChI=1S/C13H17NO4S/c1-18-7-9-4-5-19-11(9)12(15)14-10(13(16)17)6-8-2-3-8/h4-5,8,10H,2-3,6-7H2,1H3,(H,14,15)(H,16,17). The molecule has 0 aromatic carbocycles. The predicted octanol–water partition coefficient (Wildman–Crippen LogP) is 1.88. The number of ether oxygens (including phenoxy) is 1. The molecule has 0 radical (unpaired) electrons. The van der Waals surface area contributed by atoms with Crippen LogP contribution in [0.25, 0.3) is 0 Å². The van der Waals surface area contributed by atoms with E-state index in [-0.39, 0.29) is 5.91 Å². The van der Waals surface area contributed by atoms with Crippen LogP contribution >= 0.6 is 11.3 Å².